The Morgan fingerprint density at radius 3 is 2.85 bits per heavy atom. The second-order valence-corrected chi connectivity index (χ2v) is 5.33. The van der Waals surface area contributed by atoms with Crippen LogP contribution in [0.25, 0.3) is 22.7 Å². The minimum Gasteiger partial charge on any atom is -0.865 e. The number of allylic oxidation sites excluding steroid dienone is 1. The van der Waals surface area contributed by atoms with E-state index in [1.807, 2.05) is 24.3 Å². The lowest BCUT2D eigenvalue weighted by Gasteiger charge is -2.14. The topological polar surface area (TPSA) is 128 Å². The van der Waals surface area contributed by atoms with Gasteiger partial charge in [0, 0.05) is 11.8 Å². The molecular formula is C18H13N4O4-. The molecule has 1 aromatic heterocycles. The van der Waals surface area contributed by atoms with Gasteiger partial charge in [0.1, 0.15) is 17.6 Å². The van der Waals surface area contributed by atoms with E-state index in [4.69, 9.17) is 4.74 Å². The van der Waals surface area contributed by atoms with Gasteiger partial charge < -0.3 is 14.8 Å². The van der Waals surface area contributed by atoms with Crippen LogP contribution in [0.1, 0.15) is 18.3 Å². The lowest BCUT2D eigenvalue weighted by Crippen LogP contribution is -2.03. The Morgan fingerprint density at radius 2 is 2.19 bits per heavy atom. The van der Waals surface area contributed by atoms with Crippen LogP contribution < -0.4 is 9.84 Å². The molecule has 130 valence electrons. The van der Waals surface area contributed by atoms with Crippen LogP contribution in [0.4, 0.5) is 5.69 Å². The van der Waals surface area contributed by atoms with Crippen molar-refractivity contribution in [3.05, 3.63) is 57.9 Å². The number of ether oxygens (including phenoxy) is 1. The summed E-state index contributed by atoms with van der Waals surface area (Å²) in [6.45, 7) is 1.86. The number of fused-ring (bicyclic) bond motifs is 1. The maximum absolute atomic E-state index is 12.0. The fraction of sp³-hybridized carbons (Fsp3) is 0.111. The summed E-state index contributed by atoms with van der Waals surface area (Å²) in [5.41, 5.74) is 1.33. The van der Waals surface area contributed by atoms with Crippen LogP contribution >= 0.6 is 0 Å². The van der Waals surface area contributed by atoms with E-state index in [1.165, 1.54) is 12.1 Å². The first-order valence-corrected chi connectivity index (χ1v) is 7.72. The maximum atomic E-state index is 12.0. The van der Waals surface area contributed by atoms with Crippen LogP contribution in [-0.4, -0.2) is 21.5 Å². The molecule has 8 heteroatoms. The van der Waals surface area contributed by atoms with Gasteiger partial charge in [-0.2, -0.15) is 5.26 Å². The van der Waals surface area contributed by atoms with Crippen LogP contribution in [0.2, 0.25) is 0 Å². The third-order valence-electron chi connectivity index (χ3n) is 3.63. The number of hydrogen-bond acceptors (Lipinski definition) is 6. The SMILES string of the molecule is CCOc1cc(/C=C(/C#N)c2nc3ccccc3[nH]2)cc([N+](=O)[O-])c1[O-]. The van der Waals surface area contributed by atoms with Gasteiger partial charge in [0.2, 0.25) is 0 Å². The smallest absolute Gasteiger partial charge is 0.266 e. The summed E-state index contributed by atoms with van der Waals surface area (Å²) < 4.78 is 5.18. The minimum absolute atomic E-state index is 0.130. The molecule has 0 bridgehead atoms. The zero-order valence-electron chi connectivity index (χ0n) is 13.7. The molecule has 0 radical (unpaired) electrons. The van der Waals surface area contributed by atoms with Crippen molar-refractivity contribution >= 4 is 28.4 Å². The van der Waals surface area contributed by atoms with E-state index in [1.54, 1.807) is 13.0 Å². The van der Waals surface area contributed by atoms with Crippen molar-refractivity contribution in [1.29, 1.82) is 5.26 Å². The van der Waals surface area contributed by atoms with Crippen molar-refractivity contribution in [2.45, 2.75) is 6.92 Å². The Bertz CT molecular complexity index is 1030. The van der Waals surface area contributed by atoms with Crippen molar-refractivity contribution in [2.75, 3.05) is 6.61 Å². The molecule has 3 rings (SSSR count). The first kappa shape index (κ1) is 17.0. The van der Waals surface area contributed by atoms with Crippen molar-refractivity contribution in [3.8, 4) is 17.6 Å². The molecule has 0 saturated carbocycles. The lowest BCUT2D eigenvalue weighted by molar-refractivity contribution is -0.398. The van der Waals surface area contributed by atoms with Gasteiger partial charge in [0.05, 0.1) is 28.1 Å². The predicted octanol–water partition coefficient (Wildman–Crippen LogP) is 3.01. The van der Waals surface area contributed by atoms with Crippen molar-refractivity contribution < 1.29 is 14.8 Å². The van der Waals surface area contributed by atoms with Gasteiger partial charge >= 0.3 is 0 Å². The van der Waals surface area contributed by atoms with Gasteiger partial charge in [-0.05, 0) is 36.8 Å². The molecule has 8 nitrogen and oxygen atoms in total. The second kappa shape index (κ2) is 6.94. The van der Waals surface area contributed by atoms with E-state index in [0.29, 0.717) is 16.9 Å². The highest BCUT2D eigenvalue weighted by atomic mass is 16.6. The number of aromatic nitrogens is 2. The number of imidazole rings is 1. The summed E-state index contributed by atoms with van der Waals surface area (Å²) in [7, 11) is 0. The van der Waals surface area contributed by atoms with E-state index in [9.17, 15) is 20.5 Å². The van der Waals surface area contributed by atoms with Crippen LogP contribution in [-0.2, 0) is 0 Å². The number of benzene rings is 2. The number of para-hydroxylation sites is 2. The fourth-order valence-corrected chi connectivity index (χ4v) is 2.49. The van der Waals surface area contributed by atoms with Crippen LogP contribution in [0.15, 0.2) is 36.4 Å². The minimum atomic E-state index is -0.795. The fourth-order valence-electron chi connectivity index (χ4n) is 2.49. The summed E-state index contributed by atoms with van der Waals surface area (Å²) in [5, 5.41) is 32.6. The highest BCUT2D eigenvalue weighted by molar-refractivity contribution is 5.90. The largest absolute Gasteiger partial charge is 0.865 e. The number of aromatic amines is 1. The predicted molar refractivity (Wildman–Crippen MR) is 93.3 cm³/mol. The third kappa shape index (κ3) is 3.18. The number of nitriles is 1. The van der Waals surface area contributed by atoms with E-state index in [2.05, 4.69) is 9.97 Å². The zero-order chi connectivity index (χ0) is 18.7. The quantitative estimate of drug-likeness (QED) is 0.428. The highest BCUT2D eigenvalue weighted by Crippen LogP contribution is 2.36. The van der Waals surface area contributed by atoms with Crippen LogP contribution in [0.3, 0.4) is 0 Å². The van der Waals surface area contributed by atoms with Gasteiger partial charge in [-0.15, -0.1) is 0 Å². The maximum Gasteiger partial charge on any atom is 0.266 e. The van der Waals surface area contributed by atoms with Gasteiger partial charge in [0.25, 0.3) is 5.69 Å². The van der Waals surface area contributed by atoms with Crippen molar-refractivity contribution in [2.24, 2.45) is 0 Å². The van der Waals surface area contributed by atoms with E-state index in [-0.39, 0.29) is 17.9 Å². The number of nitrogens with zero attached hydrogens (tertiary/aromatic N) is 3. The zero-order valence-corrected chi connectivity index (χ0v) is 13.7. The summed E-state index contributed by atoms with van der Waals surface area (Å²) in [6.07, 6.45) is 1.42. The molecule has 0 aliphatic rings. The van der Waals surface area contributed by atoms with Gasteiger partial charge in [-0.3, -0.25) is 10.1 Å². The summed E-state index contributed by atoms with van der Waals surface area (Å²) >= 11 is 0. The Balaban J connectivity index is 2.11. The number of nitro groups is 1. The Kier molecular flexibility index (Phi) is 4.53. The first-order chi connectivity index (χ1) is 12.5. The Morgan fingerprint density at radius 1 is 1.42 bits per heavy atom. The average Bonchev–Trinajstić information content (AvgIpc) is 3.05. The lowest BCUT2D eigenvalue weighted by atomic mass is 10.1. The molecular weight excluding hydrogens is 336 g/mol. The molecule has 2 aromatic carbocycles. The van der Waals surface area contributed by atoms with Gasteiger partial charge in [-0.1, -0.05) is 12.1 Å². The van der Waals surface area contributed by atoms with Crippen molar-refractivity contribution in [3.63, 3.8) is 0 Å². The standard InChI is InChI=1S/C18H14N4O4/c1-2-26-16-9-11(8-15(17(16)23)22(24)25)7-12(10-19)18-20-13-5-3-4-6-14(13)21-18/h3-9,23H,2H2,1H3,(H,20,21)/p-1/b12-7-. The normalized spacial score (nSPS) is 11.3. The Labute approximate surface area is 148 Å². The molecule has 0 atom stereocenters. The van der Waals surface area contributed by atoms with Crippen LogP contribution in [0.5, 0.6) is 11.5 Å². The first-order valence-electron chi connectivity index (χ1n) is 7.72. The van der Waals surface area contributed by atoms with E-state index in [0.717, 1.165) is 11.6 Å². The molecule has 0 aliphatic carbocycles. The molecule has 0 unspecified atom stereocenters. The number of hydrogen-bond donors (Lipinski definition) is 1. The number of nitrogens with one attached hydrogen (secondary N) is 1. The van der Waals surface area contributed by atoms with Gasteiger partial charge in [0.15, 0.2) is 0 Å². The molecule has 0 amide bonds. The number of H-pyrrole nitrogens is 1. The van der Waals surface area contributed by atoms with E-state index >= 15 is 0 Å². The molecule has 26 heavy (non-hydrogen) atoms. The highest BCUT2D eigenvalue weighted by Gasteiger charge is 2.15. The Hall–Kier alpha value is -3.86. The molecule has 0 spiro atoms. The molecule has 1 N–H and O–H groups in total. The van der Waals surface area contributed by atoms with E-state index < -0.39 is 16.4 Å². The number of rotatable bonds is 5. The third-order valence-corrected chi connectivity index (χ3v) is 3.63. The molecule has 0 fully saturated rings. The summed E-state index contributed by atoms with van der Waals surface area (Å²) in [4.78, 5) is 17.7. The molecule has 3 aromatic rings. The average molecular weight is 349 g/mol. The van der Waals surface area contributed by atoms with Crippen LogP contribution in [0, 0.1) is 21.4 Å². The molecule has 0 saturated heterocycles. The number of nitro benzene ring substituents is 1. The summed E-state index contributed by atoms with van der Waals surface area (Å²) in [6, 6.07) is 11.8. The van der Waals surface area contributed by atoms with Crippen molar-refractivity contribution in [1.82, 2.24) is 9.97 Å². The van der Waals surface area contributed by atoms with Gasteiger partial charge in [-0.25, -0.2) is 4.98 Å². The molecule has 0 aliphatic heterocycles. The second-order valence-electron chi connectivity index (χ2n) is 5.33. The monoisotopic (exact) mass is 349 g/mol. The summed E-state index contributed by atoms with van der Waals surface area (Å²) in [5.74, 6) is -0.591. The molecule has 1 heterocycles.